The van der Waals surface area contributed by atoms with Crippen molar-refractivity contribution >= 4 is 21.4 Å². The number of halogens is 1. The molecule has 1 aliphatic rings. The van der Waals surface area contributed by atoms with Crippen molar-refractivity contribution < 1.29 is 17.7 Å². The Labute approximate surface area is 143 Å². The van der Waals surface area contributed by atoms with Crippen molar-refractivity contribution in [3.63, 3.8) is 0 Å². The molecule has 0 heterocycles. The topological polar surface area (TPSA) is 115 Å². The van der Waals surface area contributed by atoms with Crippen LogP contribution in [0.2, 0.25) is 0 Å². The van der Waals surface area contributed by atoms with E-state index in [1.54, 1.807) is 18.2 Å². The summed E-state index contributed by atoms with van der Waals surface area (Å²) in [5.74, 6) is -1.19. The molecule has 0 saturated heterocycles. The zero-order valence-electron chi connectivity index (χ0n) is 13.1. The first-order chi connectivity index (χ1) is 11.8. The molecule has 2 aromatic rings. The first-order valence-electron chi connectivity index (χ1n) is 7.63. The van der Waals surface area contributed by atoms with E-state index in [-0.39, 0.29) is 0 Å². The minimum atomic E-state index is -4.27. The van der Waals surface area contributed by atoms with Crippen molar-refractivity contribution in [2.45, 2.75) is 30.2 Å². The molecular formula is C16H16FN3O4S. The van der Waals surface area contributed by atoms with E-state index >= 15 is 0 Å². The highest BCUT2D eigenvalue weighted by atomic mass is 32.2. The molecule has 132 valence electrons. The molecule has 0 spiro atoms. The Morgan fingerprint density at radius 3 is 2.76 bits per heavy atom. The quantitative estimate of drug-likeness (QED) is 0.491. The first kappa shape index (κ1) is 17.3. The summed E-state index contributed by atoms with van der Waals surface area (Å²) >= 11 is 0. The van der Waals surface area contributed by atoms with Crippen molar-refractivity contribution in [3.8, 4) is 0 Å². The van der Waals surface area contributed by atoms with Gasteiger partial charge < -0.3 is 5.73 Å². The van der Waals surface area contributed by atoms with Gasteiger partial charge in [0.1, 0.15) is 0 Å². The van der Waals surface area contributed by atoms with Crippen LogP contribution in [0.5, 0.6) is 0 Å². The summed E-state index contributed by atoms with van der Waals surface area (Å²) in [4.78, 5) is 9.37. The van der Waals surface area contributed by atoms with Crippen molar-refractivity contribution in [3.05, 3.63) is 63.5 Å². The van der Waals surface area contributed by atoms with Gasteiger partial charge in [0.05, 0.1) is 4.92 Å². The molecule has 2 aromatic carbocycles. The van der Waals surface area contributed by atoms with Crippen LogP contribution in [0.1, 0.15) is 30.0 Å². The number of hydrogen-bond donors (Lipinski definition) is 2. The summed E-state index contributed by atoms with van der Waals surface area (Å²) in [5, 5.41) is 11.1. The van der Waals surface area contributed by atoms with E-state index in [4.69, 9.17) is 5.73 Å². The highest BCUT2D eigenvalue weighted by Gasteiger charge is 2.32. The number of nitrogen functional groups attached to an aromatic ring is 1. The molecule has 0 saturated carbocycles. The third kappa shape index (κ3) is 3.33. The van der Waals surface area contributed by atoms with Gasteiger partial charge >= 0.3 is 5.69 Å². The maximum absolute atomic E-state index is 13.7. The predicted molar refractivity (Wildman–Crippen MR) is 89.9 cm³/mol. The summed E-state index contributed by atoms with van der Waals surface area (Å²) in [7, 11) is -4.27. The van der Waals surface area contributed by atoms with E-state index in [1.807, 2.05) is 0 Å². The smallest absolute Gasteiger partial charge is 0.324 e. The van der Waals surface area contributed by atoms with Crippen molar-refractivity contribution in [2.75, 3.05) is 5.73 Å². The number of nitrogens with one attached hydrogen (secondary N) is 1. The SMILES string of the molecule is Nc1ccc2c(c1)CCCC2NS(=O)(=O)c1cccc(F)c1[N+](=O)[O-]. The summed E-state index contributed by atoms with van der Waals surface area (Å²) in [6, 6.07) is 7.68. The Hall–Kier alpha value is -2.52. The van der Waals surface area contributed by atoms with Gasteiger partial charge in [-0.2, -0.15) is 4.39 Å². The summed E-state index contributed by atoms with van der Waals surface area (Å²) in [5.41, 5.74) is 7.01. The van der Waals surface area contributed by atoms with Crippen molar-refractivity contribution in [1.82, 2.24) is 4.72 Å². The fourth-order valence-corrected chi connectivity index (χ4v) is 4.53. The number of fused-ring (bicyclic) bond motifs is 1. The molecule has 9 heteroatoms. The Balaban J connectivity index is 2.00. The molecule has 7 nitrogen and oxygen atoms in total. The van der Waals surface area contributed by atoms with E-state index in [9.17, 15) is 22.9 Å². The monoisotopic (exact) mass is 365 g/mol. The average Bonchev–Trinajstić information content (AvgIpc) is 2.54. The summed E-state index contributed by atoms with van der Waals surface area (Å²) in [6.07, 6.45) is 2.06. The molecule has 0 bridgehead atoms. The third-order valence-electron chi connectivity index (χ3n) is 4.20. The highest BCUT2D eigenvalue weighted by molar-refractivity contribution is 7.89. The molecule has 0 radical (unpaired) electrons. The average molecular weight is 365 g/mol. The van der Waals surface area contributed by atoms with E-state index < -0.39 is 37.4 Å². The molecule has 0 aromatic heterocycles. The summed E-state index contributed by atoms with van der Waals surface area (Å²) in [6.45, 7) is 0. The van der Waals surface area contributed by atoms with Gasteiger partial charge in [0.15, 0.2) is 4.90 Å². The minimum absolute atomic E-state index is 0.541. The van der Waals surface area contributed by atoms with Crippen molar-refractivity contribution in [2.24, 2.45) is 0 Å². The number of nitrogens with two attached hydrogens (primary N) is 1. The number of aryl methyl sites for hydroxylation is 1. The second-order valence-corrected chi connectivity index (χ2v) is 7.55. The van der Waals surface area contributed by atoms with Crippen molar-refractivity contribution in [1.29, 1.82) is 0 Å². The second kappa shape index (κ2) is 6.41. The molecule has 1 atom stereocenters. The number of anilines is 1. The molecule has 0 amide bonds. The molecule has 0 aliphatic heterocycles. The van der Waals surface area contributed by atoms with E-state index in [2.05, 4.69) is 4.72 Å². The van der Waals surface area contributed by atoms with Gasteiger partial charge in [-0.05, 0) is 54.7 Å². The van der Waals surface area contributed by atoms with Crippen LogP contribution in [-0.4, -0.2) is 13.3 Å². The van der Waals surface area contributed by atoms with Crippen LogP contribution in [-0.2, 0) is 16.4 Å². The molecule has 25 heavy (non-hydrogen) atoms. The largest absolute Gasteiger partial charge is 0.399 e. The zero-order chi connectivity index (χ0) is 18.2. The van der Waals surface area contributed by atoms with Gasteiger partial charge in [0.25, 0.3) is 0 Å². The van der Waals surface area contributed by atoms with Crippen LogP contribution in [0.4, 0.5) is 15.8 Å². The number of benzene rings is 2. The van der Waals surface area contributed by atoms with Gasteiger partial charge in [-0.1, -0.05) is 12.1 Å². The molecule has 1 aliphatic carbocycles. The second-order valence-electron chi connectivity index (χ2n) is 5.87. The van der Waals surface area contributed by atoms with E-state index in [0.717, 1.165) is 42.2 Å². The van der Waals surface area contributed by atoms with Crippen LogP contribution in [0.3, 0.4) is 0 Å². The van der Waals surface area contributed by atoms with Crippen LogP contribution < -0.4 is 10.5 Å². The number of sulfonamides is 1. The maximum atomic E-state index is 13.7. The van der Waals surface area contributed by atoms with E-state index in [1.165, 1.54) is 0 Å². The number of nitro groups is 1. The van der Waals surface area contributed by atoms with E-state index in [0.29, 0.717) is 12.1 Å². The molecule has 1 unspecified atom stereocenters. The fraction of sp³-hybridized carbons (Fsp3) is 0.250. The molecule has 3 N–H and O–H groups in total. The lowest BCUT2D eigenvalue weighted by atomic mass is 9.88. The van der Waals surface area contributed by atoms with Gasteiger partial charge in [-0.15, -0.1) is 0 Å². The van der Waals surface area contributed by atoms with Gasteiger partial charge in [0, 0.05) is 11.7 Å². The maximum Gasteiger partial charge on any atom is 0.324 e. The lowest BCUT2D eigenvalue weighted by molar-refractivity contribution is -0.390. The normalized spacial score (nSPS) is 17.1. The number of rotatable bonds is 4. The van der Waals surface area contributed by atoms with Gasteiger partial charge in [-0.3, -0.25) is 10.1 Å². The third-order valence-corrected chi connectivity index (χ3v) is 5.70. The van der Waals surface area contributed by atoms with Crippen LogP contribution in [0.15, 0.2) is 41.3 Å². The predicted octanol–water partition coefficient (Wildman–Crippen LogP) is 2.67. The summed E-state index contributed by atoms with van der Waals surface area (Å²) < 4.78 is 41.5. The number of nitro benzene ring substituents is 1. The number of nitrogens with zero attached hydrogens (tertiary/aromatic N) is 1. The number of hydrogen-bond acceptors (Lipinski definition) is 5. The lowest BCUT2D eigenvalue weighted by Crippen LogP contribution is -2.31. The fourth-order valence-electron chi connectivity index (χ4n) is 3.10. The highest BCUT2D eigenvalue weighted by Crippen LogP contribution is 2.34. The Morgan fingerprint density at radius 1 is 1.28 bits per heavy atom. The zero-order valence-corrected chi connectivity index (χ0v) is 13.9. The Morgan fingerprint density at radius 2 is 2.04 bits per heavy atom. The minimum Gasteiger partial charge on any atom is -0.399 e. The van der Waals surface area contributed by atoms with Crippen LogP contribution >= 0.6 is 0 Å². The molecule has 3 rings (SSSR count). The van der Waals surface area contributed by atoms with Gasteiger partial charge in [0.2, 0.25) is 15.8 Å². The lowest BCUT2D eigenvalue weighted by Gasteiger charge is -2.26. The van der Waals surface area contributed by atoms with Gasteiger partial charge in [-0.25, -0.2) is 13.1 Å². The molecular weight excluding hydrogens is 349 g/mol. The standard InChI is InChI=1S/C16H16FN3O4S/c17-13-4-2-6-15(16(13)20(21)22)25(23,24)19-14-5-1-3-10-9-11(18)7-8-12(10)14/h2,4,6-9,14,19H,1,3,5,18H2. The number of para-hydroxylation sites is 1. The van der Waals surface area contributed by atoms with Crippen LogP contribution in [0, 0.1) is 15.9 Å². The van der Waals surface area contributed by atoms with Crippen LogP contribution in [0.25, 0.3) is 0 Å². The Kier molecular flexibility index (Phi) is 4.44. The first-order valence-corrected chi connectivity index (χ1v) is 9.11. The molecule has 0 fully saturated rings. The Bertz CT molecular complexity index is 946.